The number of halogens is 3. The van der Waals surface area contributed by atoms with Crippen LogP contribution in [0.1, 0.15) is 41.5 Å². The largest absolute Gasteiger partial charge is 0.416 e. The summed E-state index contributed by atoms with van der Waals surface area (Å²) < 4.78 is 68.0. The third-order valence-corrected chi connectivity index (χ3v) is 11.1. The summed E-state index contributed by atoms with van der Waals surface area (Å²) in [5.41, 5.74) is 1.24. The van der Waals surface area contributed by atoms with Gasteiger partial charge in [-0.2, -0.15) is 13.2 Å². The molecule has 1 amide bonds. The number of benzene rings is 5. The predicted molar refractivity (Wildman–Crippen MR) is 183 cm³/mol. The van der Waals surface area contributed by atoms with Gasteiger partial charge in [0.25, 0.3) is 5.91 Å². The number of sulfone groups is 1. The highest BCUT2D eigenvalue weighted by molar-refractivity contribution is 7.92. The summed E-state index contributed by atoms with van der Waals surface area (Å²) in [4.78, 5) is 28.4. The Morgan fingerprint density at radius 1 is 0.720 bits per heavy atom. The van der Waals surface area contributed by atoms with Crippen molar-refractivity contribution in [2.24, 2.45) is 0 Å². The molecule has 1 saturated heterocycles. The van der Waals surface area contributed by atoms with Crippen molar-refractivity contribution in [2.75, 3.05) is 6.54 Å². The van der Waals surface area contributed by atoms with E-state index in [1.54, 1.807) is 0 Å². The van der Waals surface area contributed by atoms with Crippen molar-refractivity contribution in [3.05, 3.63) is 156 Å². The van der Waals surface area contributed by atoms with E-state index < -0.39 is 38.3 Å². The number of amides is 1. The van der Waals surface area contributed by atoms with Crippen LogP contribution in [0.4, 0.5) is 13.2 Å². The minimum Gasteiger partial charge on any atom is -0.338 e. The Labute approximate surface area is 287 Å². The molecule has 0 radical (unpaired) electrons. The number of carbonyl (C=O) groups excluding carboxylic acids is 1. The molecule has 1 fully saturated rings. The van der Waals surface area contributed by atoms with Crippen molar-refractivity contribution < 1.29 is 31.2 Å². The second-order valence-corrected chi connectivity index (χ2v) is 14.3. The third-order valence-electron chi connectivity index (χ3n) is 9.03. The zero-order chi connectivity index (χ0) is 34.9. The zero-order valence-corrected chi connectivity index (χ0v) is 27.5. The highest BCUT2D eigenvalue weighted by Crippen LogP contribution is 2.42. The number of imidazole rings is 1. The van der Waals surface area contributed by atoms with Gasteiger partial charge in [-0.15, -0.1) is 0 Å². The molecule has 6 aromatic rings. The number of nitrogens with zero attached hydrogens (tertiary/aromatic N) is 2. The molecule has 0 saturated carbocycles. The number of aromatic amines is 1. The summed E-state index contributed by atoms with van der Waals surface area (Å²) in [6.07, 6.45) is -3.37. The summed E-state index contributed by atoms with van der Waals surface area (Å²) >= 11 is 0. The Kier molecular flexibility index (Phi) is 8.79. The van der Waals surface area contributed by atoms with E-state index in [0.29, 0.717) is 23.9 Å². The van der Waals surface area contributed by atoms with Crippen LogP contribution in [0.25, 0.3) is 22.4 Å². The first-order chi connectivity index (χ1) is 24.1. The smallest absolute Gasteiger partial charge is 0.338 e. The molecule has 7 nitrogen and oxygen atoms in total. The van der Waals surface area contributed by atoms with E-state index in [4.69, 9.17) is 4.84 Å². The maximum absolute atomic E-state index is 14.3. The van der Waals surface area contributed by atoms with Gasteiger partial charge in [0.2, 0.25) is 0 Å². The van der Waals surface area contributed by atoms with Gasteiger partial charge < -0.3 is 4.98 Å². The molecule has 5 aromatic carbocycles. The van der Waals surface area contributed by atoms with Gasteiger partial charge in [-0.3, -0.25) is 4.79 Å². The van der Waals surface area contributed by atoms with Crippen molar-refractivity contribution in [3.8, 4) is 11.4 Å². The van der Waals surface area contributed by atoms with Gasteiger partial charge in [0.05, 0.1) is 21.5 Å². The fraction of sp³-hybridized carbons (Fsp3) is 0.179. The predicted octanol–water partition coefficient (Wildman–Crippen LogP) is 8.33. The standard InChI is InChI=1S/C39H32F3N3O4S/c40-39(41,42)31-21-24-33-34(26-31)44-36(43-33)27-19-22-32(23-20-27)50(47,48)35-18-10-11-25-45(37(35)46)49-38(28-12-4-1-5-13-28,29-14-6-2-7-15-29)30-16-8-3-9-17-30/h1-9,12-17,19-24,26,35H,10-11,18,25H2,(H,43,44). The number of nitrogens with one attached hydrogen (secondary N) is 1. The minimum atomic E-state index is -4.51. The van der Waals surface area contributed by atoms with Crippen LogP contribution in [-0.4, -0.2) is 41.2 Å². The highest BCUT2D eigenvalue weighted by atomic mass is 32.2. The van der Waals surface area contributed by atoms with Crippen LogP contribution in [0, 0.1) is 0 Å². The van der Waals surface area contributed by atoms with Crippen LogP contribution in [0.15, 0.2) is 138 Å². The molecule has 11 heteroatoms. The van der Waals surface area contributed by atoms with Gasteiger partial charge in [0, 0.05) is 12.1 Å². The van der Waals surface area contributed by atoms with E-state index in [0.717, 1.165) is 28.8 Å². The lowest BCUT2D eigenvalue weighted by atomic mass is 9.80. The van der Waals surface area contributed by atoms with Crippen molar-refractivity contribution in [2.45, 2.75) is 41.2 Å². The fourth-order valence-electron chi connectivity index (χ4n) is 6.49. The van der Waals surface area contributed by atoms with Gasteiger partial charge in [-0.1, -0.05) is 91.0 Å². The minimum absolute atomic E-state index is 0.0580. The van der Waals surface area contributed by atoms with E-state index in [-0.39, 0.29) is 29.2 Å². The fourth-order valence-corrected chi connectivity index (χ4v) is 8.19. The molecule has 1 unspecified atom stereocenters. The molecule has 2 heterocycles. The van der Waals surface area contributed by atoms with Crippen molar-refractivity contribution >= 4 is 26.8 Å². The quantitative estimate of drug-likeness (QED) is 0.162. The Hall–Kier alpha value is -5.26. The molecule has 50 heavy (non-hydrogen) atoms. The third kappa shape index (κ3) is 6.18. The molecular formula is C39H32F3N3O4S. The van der Waals surface area contributed by atoms with Crippen molar-refractivity contribution in [3.63, 3.8) is 0 Å². The molecule has 0 bridgehead atoms. The van der Waals surface area contributed by atoms with Crippen LogP contribution in [-0.2, 0) is 31.2 Å². The second-order valence-electron chi connectivity index (χ2n) is 12.2. The molecule has 0 spiro atoms. The lowest BCUT2D eigenvalue weighted by Crippen LogP contribution is -2.47. The molecule has 1 aromatic heterocycles. The van der Waals surface area contributed by atoms with E-state index >= 15 is 0 Å². The van der Waals surface area contributed by atoms with Gasteiger partial charge in [0.15, 0.2) is 15.4 Å². The molecule has 1 aliphatic heterocycles. The Morgan fingerprint density at radius 3 is 1.82 bits per heavy atom. The van der Waals surface area contributed by atoms with Crippen LogP contribution in [0.5, 0.6) is 0 Å². The Bertz CT molecular complexity index is 2130. The van der Waals surface area contributed by atoms with Crippen LogP contribution >= 0.6 is 0 Å². The topological polar surface area (TPSA) is 92.4 Å². The summed E-state index contributed by atoms with van der Waals surface area (Å²) in [7, 11) is -4.19. The molecule has 1 aliphatic rings. The summed E-state index contributed by atoms with van der Waals surface area (Å²) in [5.74, 6) is -0.371. The van der Waals surface area contributed by atoms with E-state index in [9.17, 15) is 26.4 Å². The number of hydrogen-bond donors (Lipinski definition) is 1. The maximum atomic E-state index is 14.3. The Balaban J connectivity index is 1.22. The lowest BCUT2D eigenvalue weighted by molar-refractivity contribution is -0.221. The van der Waals surface area contributed by atoms with Crippen LogP contribution in [0.3, 0.4) is 0 Å². The Morgan fingerprint density at radius 2 is 1.28 bits per heavy atom. The van der Waals surface area contributed by atoms with Gasteiger partial charge in [-0.25, -0.2) is 23.3 Å². The number of fused-ring (bicyclic) bond motifs is 1. The number of rotatable bonds is 8. The number of alkyl halides is 3. The van der Waals surface area contributed by atoms with Gasteiger partial charge in [-0.05, 0) is 78.4 Å². The number of H-pyrrole nitrogens is 1. The van der Waals surface area contributed by atoms with Gasteiger partial charge >= 0.3 is 6.18 Å². The first-order valence-electron chi connectivity index (χ1n) is 16.2. The average molecular weight is 696 g/mol. The highest BCUT2D eigenvalue weighted by Gasteiger charge is 2.45. The van der Waals surface area contributed by atoms with Crippen LogP contribution < -0.4 is 0 Å². The number of hydroxylamine groups is 2. The normalized spacial score (nSPS) is 16.0. The molecule has 254 valence electrons. The molecule has 7 rings (SSSR count). The monoisotopic (exact) mass is 695 g/mol. The number of hydrogen-bond acceptors (Lipinski definition) is 5. The molecule has 1 N–H and O–H groups in total. The van der Waals surface area contributed by atoms with Crippen molar-refractivity contribution in [1.82, 2.24) is 15.0 Å². The average Bonchev–Trinajstić information content (AvgIpc) is 3.48. The summed E-state index contributed by atoms with van der Waals surface area (Å²) in [5, 5.41) is -0.178. The van der Waals surface area contributed by atoms with Crippen molar-refractivity contribution in [1.29, 1.82) is 0 Å². The first-order valence-corrected chi connectivity index (χ1v) is 17.7. The number of aromatic nitrogens is 2. The number of carbonyl (C=O) groups is 1. The molecular weight excluding hydrogens is 664 g/mol. The molecule has 0 aliphatic carbocycles. The summed E-state index contributed by atoms with van der Waals surface area (Å²) in [6, 6.07) is 37.7. The zero-order valence-electron chi connectivity index (χ0n) is 26.7. The second kappa shape index (κ2) is 13.2. The van der Waals surface area contributed by atoms with E-state index in [1.807, 2.05) is 91.0 Å². The maximum Gasteiger partial charge on any atom is 0.416 e. The first kappa shape index (κ1) is 33.2. The lowest BCUT2D eigenvalue weighted by Gasteiger charge is -2.39. The van der Waals surface area contributed by atoms with E-state index in [2.05, 4.69) is 9.97 Å². The van der Waals surface area contributed by atoms with E-state index in [1.165, 1.54) is 35.4 Å². The SMILES string of the molecule is O=C1C(S(=O)(=O)c2ccc(-c3nc4cc(C(F)(F)F)ccc4[nH]3)cc2)CCCCN1OC(c1ccccc1)(c1ccccc1)c1ccccc1. The van der Waals surface area contributed by atoms with Crippen LogP contribution in [0.2, 0.25) is 0 Å². The van der Waals surface area contributed by atoms with Gasteiger partial charge in [0.1, 0.15) is 11.1 Å². The molecule has 1 atom stereocenters. The summed E-state index contributed by atoms with van der Waals surface area (Å²) in [6.45, 7) is 0.195.